The third-order valence-corrected chi connectivity index (χ3v) is 6.41. The van der Waals surface area contributed by atoms with Crippen LogP contribution in [0.25, 0.3) is 0 Å². The largest absolute Gasteiger partial charge is 0.348 e. The first kappa shape index (κ1) is 20.7. The van der Waals surface area contributed by atoms with Crippen LogP contribution in [0.4, 0.5) is 5.69 Å². The highest BCUT2D eigenvalue weighted by Crippen LogP contribution is 2.47. The summed E-state index contributed by atoms with van der Waals surface area (Å²) in [6.07, 6.45) is 2.46. The number of amidine groups is 1. The highest BCUT2D eigenvalue weighted by Gasteiger charge is 2.57. The molecule has 0 bridgehead atoms. The summed E-state index contributed by atoms with van der Waals surface area (Å²) >= 11 is 0. The fourth-order valence-corrected chi connectivity index (χ4v) is 4.78. The summed E-state index contributed by atoms with van der Waals surface area (Å²) in [5.41, 5.74) is 3.61. The van der Waals surface area contributed by atoms with Crippen molar-refractivity contribution in [2.24, 2.45) is 5.10 Å². The van der Waals surface area contributed by atoms with Gasteiger partial charge < -0.3 is 9.47 Å². The molecule has 2 aromatic rings. The Morgan fingerprint density at radius 1 is 0.906 bits per heavy atom. The van der Waals surface area contributed by atoms with Crippen molar-refractivity contribution < 1.29 is 19.1 Å². The highest BCUT2D eigenvalue weighted by molar-refractivity contribution is 6.38. The van der Waals surface area contributed by atoms with Crippen molar-refractivity contribution in [1.29, 1.82) is 0 Å². The maximum atomic E-state index is 13.1. The summed E-state index contributed by atoms with van der Waals surface area (Å²) in [5.74, 6) is -0.892. The molecule has 1 saturated heterocycles. The zero-order chi connectivity index (χ0) is 22.2. The number of hydrazone groups is 1. The van der Waals surface area contributed by atoms with Gasteiger partial charge in [0.2, 0.25) is 5.84 Å². The van der Waals surface area contributed by atoms with Gasteiger partial charge in [0.15, 0.2) is 17.2 Å². The quantitative estimate of drug-likeness (QED) is 0.796. The number of Topliss-reactive ketones (excluding diaryl/α,β-unsaturated/α-hetero) is 1. The summed E-state index contributed by atoms with van der Waals surface area (Å²) in [6, 6.07) is 18.7. The van der Waals surface area contributed by atoms with Crippen LogP contribution < -0.4 is 10.4 Å². The molecule has 2 fully saturated rings. The Hall–Kier alpha value is -3.23. The average molecular weight is 434 g/mol. The lowest BCUT2D eigenvalue weighted by Crippen LogP contribution is -2.65. The second kappa shape index (κ2) is 8.03. The first-order chi connectivity index (χ1) is 15.5. The number of benzene rings is 2. The third kappa shape index (κ3) is 3.45. The smallest absolute Gasteiger partial charge is 0.269 e. The van der Waals surface area contributed by atoms with E-state index in [4.69, 9.17) is 14.6 Å². The predicted molar refractivity (Wildman–Crippen MR) is 119 cm³/mol. The monoisotopic (exact) mass is 434 g/mol. The van der Waals surface area contributed by atoms with Crippen molar-refractivity contribution in [2.45, 2.75) is 44.1 Å². The number of nitrogens with zero attached hydrogens (tertiary/aromatic N) is 3. The van der Waals surface area contributed by atoms with Crippen molar-refractivity contribution >= 4 is 23.2 Å². The Morgan fingerprint density at radius 3 is 2.09 bits per heavy atom. The van der Waals surface area contributed by atoms with E-state index in [0.717, 1.165) is 5.69 Å². The van der Waals surface area contributed by atoms with E-state index in [2.05, 4.69) is 5.43 Å². The number of anilines is 1. The molecule has 3 aliphatic rings. The van der Waals surface area contributed by atoms with E-state index in [0.29, 0.717) is 44.5 Å². The molecule has 2 heterocycles. The van der Waals surface area contributed by atoms with Gasteiger partial charge in [0.25, 0.3) is 5.91 Å². The number of hydrogen-bond donors (Lipinski definition) is 1. The molecule has 5 rings (SSSR count). The number of ketones is 1. The van der Waals surface area contributed by atoms with Gasteiger partial charge in [-0.1, -0.05) is 36.4 Å². The number of ether oxygens (including phenoxy) is 2. The summed E-state index contributed by atoms with van der Waals surface area (Å²) < 4.78 is 11.9. The van der Waals surface area contributed by atoms with Crippen LogP contribution in [-0.4, -0.2) is 47.2 Å². The zero-order valence-corrected chi connectivity index (χ0v) is 18.0. The maximum Gasteiger partial charge on any atom is 0.269 e. The van der Waals surface area contributed by atoms with Crippen molar-refractivity contribution in [2.75, 3.05) is 18.2 Å². The standard InChI is InChI=1S/C24H26N4O4/c1-18(29)21-25-27(20-10-6-3-7-11-20)23(12-14-24(15-13-23)31-16-17-32-24)28(21)26-22(30)19-8-4-2-5-9-19/h2-11H,12-17H2,1H3,(H,26,30). The van der Waals surface area contributed by atoms with E-state index in [1.54, 1.807) is 17.1 Å². The molecule has 0 aromatic heterocycles. The molecule has 2 spiro atoms. The second-order valence-corrected chi connectivity index (χ2v) is 8.36. The van der Waals surface area contributed by atoms with E-state index in [9.17, 15) is 9.59 Å². The normalized spacial score (nSPS) is 21.1. The summed E-state index contributed by atoms with van der Waals surface area (Å²) in [4.78, 5) is 25.7. The van der Waals surface area contributed by atoms with Gasteiger partial charge in [-0.3, -0.25) is 15.0 Å². The maximum absolute atomic E-state index is 13.1. The number of rotatable bonds is 4. The van der Waals surface area contributed by atoms with Gasteiger partial charge in [0, 0.05) is 25.3 Å². The Bertz CT molecular complexity index is 1020. The molecule has 1 aliphatic carbocycles. The van der Waals surface area contributed by atoms with Crippen LogP contribution >= 0.6 is 0 Å². The molecule has 1 saturated carbocycles. The fourth-order valence-electron chi connectivity index (χ4n) is 4.78. The van der Waals surface area contributed by atoms with Gasteiger partial charge in [-0.2, -0.15) is 0 Å². The van der Waals surface area contributed by atoms with Crippen molar-refractivity contribution in [3.8, 4) is 0 Å². The zero-order valence-electron chi connectivity index (χ0n) is 18.0. The van der Waals surface area contributed by atoms with Gasteiger partial charge in [-0.15, -0.1) is 5.10 Å². The molecule has 0 radical (unpaired) electrons. The van der Waals surface area contributed by atoms with Crippen LogP contribution in [0.15, 0.2) is 65.8 Å². The van der Waals surface area contributed by atoms with E-state index < -0.39 is 11.4 Å². The minimum Gasteiger partial charge on any atom is -0.348 e. The van der Waals surface area contributed by atoms with Crippen LogP contribution in [0.3, 0.4) is 0 Å². The van der Waals surface area contributed by atoms with Crippen molar-refractivity contribution in [3.63, 3.8) is 0 Å². The number of para-hydroxylation sites is 1. The number of hydrogen-bond acceptors (Lipinski definition) is 7. The third-order valence-electron chi connectivity index (χ3n) is 6.41. The second-order valence-electron chi connectivity index (χ2n) is 8.36. The first-order valence-electron chi connectivity index (χ1n) is 10.9. The molecule has 1 amide bonds. The van der Waals surface area contributed by atoms with Gasteiger partial charge in [-0.25, -0.2) is 10.0 Å². The van der Waals surface area contributed by atoms with Gasteiger partial charge in [0.1, 0.15) is 0 Å². The van der Waals surface area contributed by atoms with Crippen molar-refractivity contribution in [3.05, 3.63) is 66.2 Å². The van der Waals surface area contributed by atoms with Crippen LogP contribution in [0.1, 0.15) is 43.0 Å². The Labute approximate surface area is 186 Å². The molecule has 0 atom stereocenters. The molecular weight excluding hydrogens is 408 g/mol. The summed E-state index contributed by atoms with van der Waals surface area (Å²) in [5, 5.41) is 8.25. The van der Waals surface area contributed by atoms with Crippen LogP contribution in [0, 0.1) is 0 Å². The van der Waals surface area contributed by atoms with Gasteiger partial charge >= 0.3 is 0 Å². The number of carbonyl (C=O) groups excluding carboxylic acids is 2. The SMILES string of the molecule is CC(=O)C1=NN(c2ccccc2)C2(CCC3(CC2)OCCO3)N1NC(=O)c1ccccc1. The Kier molecular flexibility index (Phi) is 5.19. The summed E-state index contributed by atoms with van der Waals surface area (Å²) in [7, 11) is 0. The van der Waals surface area contributed by atoms with Crippen LogP contribution in [-0.2, 0) is 14.3 Å². The van der Waals surface area contributed by atoms with E-state index in [-0.39, 0.29) is 17.5 Å². The Morgan fingerprint density at radius 2 is 1.50 bits per heavy atom. The van der Waals surface area contributed by atoms with E-state index in [1.165, 1.54) is 6.92 Å². The number of amides is 1. The lowest BCUT2D eigenvalue weighted by Gasteiger charge is -2.49. The highest BCUT2D eigenvalue weighted by atomic mass is 16.7. The molecule has 8 heteroatoms. The lowest BCUT2D eigenvalue weighted by molar-refractivity contribution is -0.191. The molecule has 2 aromatic carbocycles. The molecule has 2 aliphatic heterocycles. The lowest BCUT2D eigenvalue weighted by atomic mass is 9.83. The Balaban J connectivity index is 1.53. The van der Waals surface area contributed by atoms with Crippen molar-refractivity contribution in [1.82, 2.24) is 10.4 Å². The van der Waals surface area contributed by atoms with Crippen LogP contribution in [0.5, 0.6) is 0 Å². The molecule has 166 valence electrons. The molecule has 8 nitrogen and oxygen atoms in total. The predicted octanol–water partition coefficient (Wildman–Crippen LogP) is 3.07. The fraction of sp³-hybridized carbons (Fsp3) is 0.375. The minimum atomic E-state index is -0.743. The molecule has 0 unspecified atom stereocenters. The molecular formula is C24H26N4O4. The molecule has 1 N–H and O–H groups in total. The van der Waals surface area contributed by atoms with E-state index >= 15 is 0 Å². The molecule has 32 heavy (non-hydrogen) atoms. The number of hydrazine groups is 1. The average Bonchev–Trinajstić information content (AvgIpc) is 3.40. The topological polar surface area (TPSA) is 83.5 Å². The van der Waals surface area contributed by atoms with Gasteiger partial charge in [0.05, 0.1) is 18.9 Å². The number of nitrogens with one attached hydrogen (secondary N) is 1. The first-order valence-corrected chi connectivity index (χ1v) is 10.9. The summed E-state index contributed by atoms with van der Waals surface area (Å²) in [6.45, 7) is 2.63. The van der Waals surface area contributed by atoms with E-state index in [1.807, 2.05) is 53.5 Å². The number of carbonyl (C=O) groups is 2. The minimum absolute atomic E-state index is 0.211. The van der Waals surface area contributed by atoms with Crippen LogP contribution in [0.2, 0.25) is 0 Å². The van der Waals surface area contributed by atoms with Gasteiger partial charge in [-0.05, 0) is 37.1 Å².